The van der Waals surface area contributed by atoms with Gasteiger partial charge in [0, 0.05) is 13.3 Å². The van der Waals surface area contributed by atoms with E-state index in [-0.39, 0.29) is 6.42 Å². The number of halogens is 2. The van der Waals surface area contributed by atoms with Crippen LogP contribution >= 0.6 is 0 Å². The molecule has 0 atom stereocenters. The average Bonchev–Trinajstić information content (AvgIpc) is 1.30. The number of hydrogen-bond donors (Lipinski definition) is 0. The van der Waals surface area contributed by atoms with Gasteiger partial charge >= 0.3 is 0 Å². The van der Waals surface area contributed by atoms with Gasteiger partial charge in [-0.15, -0.1) is 6.58 Å². The van der Waals surface area contributed by atoms with Crippen LogP contribution in [0.4, 0.5) is 8.78 Å². The van der Waals surface area contributed by atoms with Gasteiger partial charge in [-0.1, -0.05) is 6.08 Å². The lowest BCUT2D eigenvalue weighted by atomic mass is 10.3. The van der Waals surface area contributed by atoms with Gasteiger partial charge in [0.25, 0.3) is 5.92 Å². The van der Waals surface area contributed by atoms with E-state index in [1.807, 2.05) is 0 Å². The topological polar surface area (TPSA) is 0 Å². The second kappa shape index (κ2) is 2.05. The summed E-state index contributed by atoms with van der Waals surface area (Å²) >= 11 is 0. The third-order valence-corrected chi connectivity index (χ3v) is 0.443. The molecule has 0 amide bonds. The van der Waals surface area contributed by atoms with Gasteiger partial charge < -0.3 is 0 Å². The molecular formula is C5H7F2. The zero-order valence-corrected chi connectivity index (χ0v) is 3.95. The number of rotatable bonds is 2. The molecule has 0 unspecified atom stereocenters. The van der Waals surface area contributed by atoms with Crippen LogP contribution in [-0.2, 0) is 0 Å². The summed E-state index contributed by atoms with van der Waals surface area (Å²) in [5.74, 6) is -2.82. The molecule has 0 bridgehead atoms. The van der Waals surface area contributed by atoms with Gasteiger partial charge in [0.1, 0.15) is 0 Å². The molecule has 0 aliphatic carbocycles. The van der Waals surface area contributed by atoms with Crippen molar-refractivity contribution in [2.24, 2.45) is 0 Å². The molecule has 0 saturated heterocycles. The van der Waals surface area contributed by atoms with E-state index >= 15 is 0 Å². The maximum atomic E-state index is 11.5. The Morgan fingerprint density at radius 3 is 2.00 bits per heavy atom. The maximum Gasteiger partial charge on any atom is 0.251 e. The molecule has 0 spiro atoms. The minimum Gasteiger partial charge on any atom is -0.207 e. The molecule has 0 aliphatic rings. The lowest BCUT2D eigenvalue weighted by Gasteiger charge is -2.02. The van der Waals surface area contributed by atoms with Crippen LogP contribution < -0.4 is 0 Å². The lowest BCUT2D eigenvalue weighted by Crippen LogP contribution is -2.06. The standard InChI is InChI=1S/C5H7F2/c1-3-4-5(2,6)7/h3H,1-2,4H2. The van der Waals surface area contributed by atoms with E-state index in [1.54, 1.807) is 0 Å². The Labute approximate surface area is 41.8 Å². The van der Waals surface area contributed by atoms with Gasteiger partial charge in [-0.2, -0.15) is 0 Å². The summed E-state index contributed by atoms with van der Waals surface area (Å²) in [5, 5.41) is 0. The minimum atomic E-state index is -2.82. The molecule has 0 saturated carbocycles. The Morgan fingerprint density at radius 2 is 2.00 bits per heavy atom. The van der Waals surface area contributed by atoms with Crippen molar-refractivity contribution < 1.29 is 8.78 Å². The lowest BCUT2D eigenvalue weighted by molar-refractivity contribution is 0.0556. The van der Waals surface area contributed by atoms with Crippen LogP contribution in [0.1, 0.15) is 6.42 Å². The largest absolute Gasteiger partial charge is 0.251 e. The fourth-order valence-corrected chi connectivity index (χ4v) is 0.211. The van der Waals surface area contributed by atoms with Crippen molar-refractivity contribution in [2.75, 3.05) is 0 Å². The van der Waals surface area contributed by atoms with Crippen molar-refractivity contribution in [3.05, 3.63) is 19.6 Å². The molecule has 0 aromatic heterocycles. The van der Waals surface area contributed by atoms with E-state index in [9.17, 15) is 8.78 Å². The van der Waals surface area contributed by atoms with E-state index in [4.69, 9.17) is 0 Å². The SMILES string of the molecule is [CH2]C(F)(F)CC=C. The Hall–Kier alpha value is -0.400. The molecule has 2 heteroatoms. The number of allylic oxidation sites excluding steroid dienone is 1. The molecule has 0 aromatic carbocycles. The summed E-state index contributed by atoms with van der Waals surface area (Å²) in [5.41, 5.74) is 0. The molecule has 0 fully saturated rings. The van der Waals surface area contributed by atoms with Crippen LogP contribution in [0, 0.1) is 6.92 Å². The first kappa shape index (κ1) is 6.60. The van der Waals surface area contributed by atoms with Crippen molar-refractivity contribution in [3.8, 4) is 0 Å². The summed E-state index contributed by atoms with van der Waals surface area (Å²) in [6.45, 7) is 5.68. The van der Waals surface area contributed by atoms with Gasteiger partial charge in [0.15, 0.2) is 0 Å². The minimum absolute atomic E-state index is 0.340. The molecule has 0 heterocycles. The highest BCUT2D eigenvalue weighted by Crippen LogP contribution is 2.15. The normalized spacial score (nSPS) is 11.3. The highest BCUT2D eigenvalue weighted by atomic mass is 19.3. The highest BCUT2D eigenvalue weighted by molar-refractivity contribution is 4.79. The van der Waals surface area contributed by atoms with Gasteiger partial charge in [-0.3, -0.25) is 0 Å². The average molecular weight is 105 g/mol. The summed E-state index contributed by atoms with van der Waals surface area (Å²) in [4.78, 5) is 0. The van der Waals surface area contributed by atoms with Crippen LogP contribution in [0.25, 0.3) is 0 Å². The summed E-state index contributed by atoms with van der Waals surface area (Å²) in [6.07, 6.45) is 0.806. The van der Waals surface area contributed by atoms with Gasteiger partial charge in [-0.05, 0) is 0 Å². The molecule has 0 aromatic rings. The third kappa shape index (κ3) is 5.60. The second-order valence-corrected chi connectivity index (χ2v) is 1.35. The Kier molecular flexibility index (Phi) is 1.93. The fourth-order valence-electron chi connectivity index (χ4n) is 0.211. The first-order valence-electron chi connectivity index (χ1n) is 1.90. The van der Waals surface area contributed by atoms with Crippen LogP contribution in [0.3, 0.4) is 0 Å². The zero-order chi connectivity index (χ0) is 5.91. The van der Waals surface area contributed by atoms with E-state index in [0.717, 1.165) is 6.08 Å². The molecule has 41 valence electrons. The van der Waals surface area contributed by atoms with Crippen LogP contribution in [0.2, 0.25) is 0 Å². The van der Waals surface area contributed by atoms with Crippen molar-refractivity contribution in [2.45, 2.75) is 12.3 Å². The predicted molar refractivity (Wildman–Crippen MR) is 25.1 cm³/mol. The Bertz CT molecular complexity index is 61.0. The van der Waals surface area contributed by atoms with Crippen LogP contribution in [0.15, 0.2) is 12.7 Å². The number of hydrogen-bond acceptors (Lipinski definition) is 0. The first-order chi connectivity index (χ1) is 3.06. The third-order valence-electron chi connectivity index (χ3n) is 0.443. The molecule has 0 rings (SSSR count). The summed E-state index contributed by atoms with van der Waals surface area (Å²) in [6, 6.07) is 0. The Balaban J connectivity index is 3.34. The van der Waals surface area contributed by atoms with E-state index < -0.39 is 5.92 Å². The predicted octanol–water partition coefficient (Wildman–Crippen LogP) is 2.03. The van der Waals surface area contributed by atoms with Crippen molar-refractivity contribution >= 4 is 0 Å². The van der Waals surface area contributed by atoms with Crippen LogP contribution in [-0.4, -0.2) is 5.92 Å². The summed E-state index contributed by atoms with van der Waals surface area (Å²) < 4.78 is 23.1. The second-order valence-electron chi connectivity index (χ2n) is 1.35. The highest BCUT2D eigenvalue weighted by Gasteiger charge is 2.17. The molecule has 1 radical (unpaired) electrons. The maximum absolute atomic E-state index is 11.5. The van der Waals surface area contributed by atoms with E-state index in [1.165, 1.54) is 0 Å². The van der Waals surface area contributed by atoms with E-state index in [0.29, 0.717) is 0 Å². The van der Waals surface area contributed by atoms with Gasteiger partial charge in [0.05, 0.1) is 0 Å². The Morgan fingerprint density at radius 1 is 1.57 bits per heavy atom. The van der Waals surface area contributed by atoms with Crippen LogP contribution in [0.5, 0.6) is 0 Å². The molecule has 0 aliphatic heterocycles. The quantitative estimate of drug-likeness (QED) is 0.471. The number of alkyl halides is 2. The zero-order valence-electron chi connectivity index (χ0n) is 3.95. The van der Waals surface area contributed by atoms with Crippen molar-refractivity contribution in [1.82, 2.24) is 0 Å². The fraction of sp³-hybridized carbons (Fsp3) is 0.400. The van der Waals surface area contributed by atoms with Crippen molar-refractivity contribution in [3.63, 3.8) is 0 Å². The molecule has 7 heavy (non-hydrogen) atoms. The molecular weight excluding hydrogens is 98.1 g/mol. The molecule has 0 nitrogen and oxygen atoms in total. The van der Waals surface area contributed by atoms with Gasteiger partial charge in [-0.25, -0.2) is 8.78 Å². The summed E-state index contributed by atoms with van der Waals surface area (Å²) in [7, 11) is 0. The molecule has 0 N–H and O–H groups in total. The smallest absolute Gasteiger partial charge is 0.207 e. The van der Waals surface area contributed by atoms with E-state index in [2.05, 4.69) is 13.5 Å². The van der Waals surface area contributed by atoms with Gasteiger partial charge in [0.2, 0.25) is 0 Å². The first-order valence-corrected chi connectivity index (χ1v) is 1.90. The monoisotopic (exact) mass is 105 g/mol. The van der Waals surface area contributed by atoms with Crippen molar-refractivity contribution in [1.29, 1.82) is 0 Å².